The summed E-state index contributed by atoms with van der Waals surface area (Å²) in [5.74, 6) is 1.56. The molecule has 8 heteroatoms. The summed E-state index contributed by atoms with van der Waals surface area (Å²) in [6.45, 7) is 3.96. The van der Waals surface area contributed by atoms with Gasteiger partial charge in [0.15, 0.2) is 0 Å². The first-order valence-corrected chi connectivity index (χ1v) is 11.7. The second-order valence-electron chi connectivity index (χ2n) is 7.42. The van der Waals surface area contributed by atoms with Crippen molar-refractivity contribution in [2.75, 3.05) is 58.0 Å². The van der Waals surface area contributed by atoms with Gasteiger partial charge < -0.3 is 19.1 Å². The first-order chi connectivity index (χ1) is 14.6. The highest BCUT2D eigenvalue weighted by Crippen LogP contribution is 2.30. The molecule has 1 fully saturated rings. The third kappa shape index (κ3) is 4.55. The molecule has 1 saturated heterocycles. The standard InChI is InChI=1S/C22H28N2O5S/c1-27-20-6-9-22-18(17-20)3-2-10-23(22)11-16-29-19-4-7-21(8-5-19)30(25,26)24-12-14-28-15-13-24/h4-9,17H,2-3,10-16H2,1H3. The molecule has 0 radical (unpaired) electrons. The zero-order valence-corrected chi connectivity index (χ0v) is 18.1. The molecule has 2 aromatic carbocycles. The zero-order valence-electron chi connectivity index (χ0n) is 17.2. The number of morpholine rings is 1. The number of hydrogen-bond donors (Lipinski definition) is 0. The predicted octanol–water partition coefficient (Wildman–Crippen LogP) is 2.55. The maximum Gasteiger partial charge on any atom is 0.243 e. The number of ether oxygens (including phenoxy) is 3. The number of sulfonamides is 1. The number of hydrogen-bond acceptors (Lipinski definition) is 6. The van der Waals surface area contributed by atoms with Gasteiger partial charge in [-0.05, 0) is 60.9 Å². The molecule has 0 aliphatic carbocycles. The fourth-order valence-electron chi connectivity index (χ4n) is 3.93. The molecule has 0 N–H and O–H groups in total. The Labute approximate surface area is 178 Å². The van der Waals surface area contributed by atoms with Crippen LogP contribution in [-0.2, 0) is 21.2 Å². The van der Waals surface area contributed by atoms with Crippen molar-refractivity contribution in [2.45, 2.75) is 17.7 Å². The lowest BCUT2D eigenvalue weighted by Crippen LogP contribution is -2.40. The minimum atomic E-state index is -3.48. The molecule has 2 heterocycles. The van der Waals surface area contributed by atoms with Crippen LogP contribution in [0.3, 0.4) is 0 Å². The highest BCUT2D eigenvalue weighted by Gasteiger charge is 2.26. The maximum atomic E-state index is 12.7. The summed E-state index contributed by atoms with van der Waals surface area (Å²) >= 11 is 0. The highest BCUT2D eigenvalue weighted by molar-refractivity contribution is 7.89. The highest BCUT2D eigenvalue weighted by atomic mass is 32.2. The first-order valence-electron chi connectivity index (χ1n) is 10.3. The van der Waals surface area contributed by atoms with Crippen LogP contribution in [0.5, 0.6) is 11.5 Å². The van der Waals surface area contributed by atoms with Crippen molar-refractivity contribution < 1.29 is 22.6 Å². The van der Waals surface area contributed by atoms with Gasteiger partial charge in [-0.15, -0.1) is 0 Å². The van der Waals surface area contributed by atoms with Gasteiger partial charge >= 0.3 is 0 Å². The van der Waals surface area contributed by atoms with E-state index >= 15 is 0 Å². The Morgan fingerprint density at radius 3 is 2.47 bits per heavy atom. The van der Waals surface area contributed by atoms with Crippen LogP contribution in [0.4, 0.5) is 5.69 Å². The van der Waals surface area contributed by atoms with E-state index in [1.807, 2.05) is 6.07 Å². The molecular weight excluding hydrogens is 404 g/mol. The van der Waals surface area contributed by atoms with E-state index in [9.17, 15) is 8.42 Å². The second-order valence-corrected chi connectivity index (χ2v) is 9.36. The summed E-state index contributed by atoms with van der Waals surface area (Å²) < 4.78 is 43.3. The summed E-state index contributed by atoms with van der Waals surface area (Å²) in [5, 5.41) is 0. The molecule has 2 aliphatic rings. The van der Waals surface area contributed by atoms with Gasteiger partial charge in [0.05, 0.1) is 31.8 Å². The minimum Gasteiger partial charge on any atom is -0.497 e. The zero-order chi connectivity index (χ0) is 21.0. The number of benzene rings is 2. The molecule has 0 spiro atoms. The fraction of sp³-hybridized carbons (Fsp3) is 0.455. The number of rotatable bonds is 7. The van der Waals surface area contributed by atoms with Crippen molar-refractivity contribution in [1.29, 1.82) is 0 Å². The Morgan fingerprint density at radius 2 is 1.73 bits per heavy atom. The Hall–Kier alpha value is -2.29. The molecular formula is C22H28N2O5S. The average molecular weight is 433 g/mol. The van der Waals surface area contributed by atoms with Crippen molar-refractivity contribution >= 4 is 15.7 Å². The number of anilines is 1. The van der Waals surface area contributed by atoms with Gasteiger partial charge in [-0.3, -0.25) is 0 Å². The molecule has 7 nitrogen and oxygen atoms in total. The number of methoxy groups -OCH3 is 1. The monoisotopic (exact) mass is 432 g/mol. The van der Waals surface area contributed by atoms with E-state index in [-0.39, 0.29) is 4.90 Å². The Morgan fingerprint density at radius 1 is 1.00 bits per heavy atom. The minimum absolute atomic E-state index is 0.288. The van der Waals surface area contributed by atoms with Crippen molar-refractivity contribution in [3.05, 3.63) is 48.0 Å². The molecule has 0 aromatic heterocycles. The van der Waals surface area contributed by atoms with Gasteiger partial charge in [0, 0.05) is 25.3 Å². The fourth-order valence-corrected chi connectivity index (χ4v) is 5.34. The topological polar surface area (TPSA) is 68.3 Å². The maximum absolute atomic E-state index is 12.7. The van der Waals surface area contributed by atoms with Crippen LogP contribution in [0.25, 0.3) is 0 Å². The smallest absolute Gasteiger partial charge is 0.243 e. The molecule has 2 aromatic rings. The summed E-state index contributed by atoms with van der Waals surface area (Å²) in [6, 6.07) is 12.9. The molecule has 2 aliphatic heterocycles. The van der Waals surface area contributed by atoms with E-state index in [1.165, 1.54) is 15.6 Å². The van der Waals surface area contributed by atoms with Crippen LogP contribution in [0.2, 0.25) is 0 Å². The summed E-state index contributed by atoms with van der Waals surface area (Å²) in [6.07, 6.45) is 2.16. The third-order valence-corrected chi connectivity index (χ3v) is 7.48. The van der Waals surface area contributed by atoms with E-state index < -0.39 is 10.0 Å². The second kappa shape index (κ2) is 9.24. The Balaban J connectivity index is 1.34. The van der Waals surface area contributed by atoms with Crippen molar-refractivity contribution in [1.82, 2.24) is 4.31 Å². The van der Waals surface area contributed by atoms with E-state index in [1.54, 1.807) is 31.4 Å². The lowest BCUT2D eigenvalue weighted by molar-refractivity contribution is 0.0730. The van der Waals surface area contributed by atoms with Crippen LogP contribution in [0.1, 0.15) is 12.0 Å². The lowest BCUT2D eigenvalue weighted by Gasteiger charge is -2.31. The van der Waals surface area contributed by atoms with Crippen molar-refractivity contribution in [3.63, 3.8) is 0 Å². The Kier molecular flexibility index (Phi) is 6.46. The third-order valence-electron chi connectivity index (χ3n) is 5.56. The van der Waals surface area contributed by atoms with Crippen LogP contribution < -0.4 is 14.4 Å². The van der Waals surface area contributed by atoms with E-state index in [2.05, 4.69) is 17.0 Å². The summed E-state index contributed by atoms with van der Waals surface area (Å²) in [4.78, 5) is 2.62. The molecule has 0 bridgehead atoms. The van der Waals surface area contributed by atoms with E-state index in [0.29, 0.717) is 38.7 Å². The molecule has 4 rings (SSSR count). The summed E-state index contributed by atoms with van der Waals surface area (Å²) in [5.41, 5.74) is 2.54. The van der Waals surface area contributed by atoms with Gasteiger partial charge in [-0.2, -0.15) is 4.31 Å². The van der Waals surface area contributed by atoms with E-state index in [4.69, 9.17) is 14.2 Å². The summed E-state index contributed by atoms with van der Waals surface area (Å²) in [7, 11) is -1.79. The average Bonchev–Trinajstić information content (AvgIpc) is 2.79. The largest absolute Gasteiger partial charge is 0.497 e. The predicted molar refractivity (Wildman–Crippen MR) is 115 cm³/mol. The van der Waals surface area contributed by atoms with Gasteiger partial charge in [0.25, 0.3) is 0 Å². The van der Waals surface area contributed by atoms with Gasteiger partial charge in [0.1, 0.15) is 18.1 Å². The van der Waals surface area contributed by atoms with Crippen LogP contribution >= 0.6 is 0 Å². The van der Waals surface area contributed by atoms with Crippen molar-refractivity contribution in [3.8, 4) is 11.5 Å². The molecule has 162 valence electrons. The normalized spacial score (nSPS) is 17.4. The van der Waals surface area contributed by atoms with Crippen LogP contribution in [-0.4, -0.2) is 65.8 Å². The number of fused-ring (bicyclic) bond motifs is 1. The molecule has 0 atom stereocenters. The SMILES string of the molecule is COc1ccc2c(c1)CCCN2CCOc1ccc(S(=O)(=O)N2CCOCC2)cc1. The molecule has 30 heavy (non-hydrogen) atoms. The van der Waals surface area contributed by atoms with Crippen molar-refractivity contribution in [2.24, 2.45) is 0 Å². The molecule has 0 unspecified atom stereocenters. The van der Waals surface area contributed by atoms with Gasteiger partial charge in [-0.1, -0.05) is 0 Å². The Bertz CT molecular complexity index is 956. The van der Waals surface area contributed by atoms with Gasteiger partial charge in [-0.25, -0.2) is 8.42 Å². The van der Waals surface area contributed by atoms with Gasteiger partial charge in [0.2, 0.25) is 10.0 Å². The first kappa shape index (κ1) is 21.0. The number of aryl methyl sites for hydroxylation is 1. The van der Waals surface area contributed by atoms with Crippen LogP contribution in [0, 0.1) is 0 Å². The molecule has 0 saturated carbocycles. The van der Waals surface area contributed by atoms with E-state index in [0.717, 1.165) is 31.7 Å². The van der Waals surface area contributed by atoms with Crippen LogP contribution in [0.15, 0.2) is 47.4 Å². The quantitative estimate of drug-likeness (QED) is 0.670. The number of nitrogens with zero attached hydrogens (tertiary/aromatic N) is 2. The lowest BCUT2D eigenvalue weighted by atomic mass is 10.0. The molecule has 0 amide bonds.